The first-order chi connectivity index (χ1) is 8.20. The minimum Gasteiger partial charge on any atom is -0.312 e. The SMILES string of the molecule is Cc1ccc(N2CC(CN=[N+]=[N-])CC2=O)cc1. The number of amides is 1. The van der Waals surface area contributed by atoms with Crippen LogP contribution in [0.4, 0.5) is 5.69 Å². The molecule has 1 amide bonds. The maximum absolute atomic E-state index is 11.8. The molecule has 5 nitrogen and oxygen atoms in total. The van der Waals surface area contributed by atoms with Crippen LogP contribution in [-0.2, 0) is 4.79 Å². The fourth-order valence-corrected chi connectivity index (χ4v) is 2.03. The molecule has 0 radical (unpaired) electrons. The summed E-state index contributed by atoms with van der Waals surface area (Å²) in [6.45, 7) is 3.05. The zero-order valence-corrected chi connectivity index (χ0v) is 9.71. The molecular formula is C12H14N4O. The van der Waals surface area contributed by atoms with Gasteiger partial charge in [-0.1, -0.05) is 22.8 Å². The standard InChI is InChI=1S/C12H14N4O/c1-9-2-4-11(5-3-9)16-8-10(6-12(16)17)7-14-15-13/h2-5,10H,6-8H2,1H3. The molecule has 1 saturated heterocycles. The van der Waals surface area contributed by atoms with Gasteiger partial charge in [-0.3, -0.25) is 4.79 Å². The first kappa shape index (κ1) is 11.5. The summed E-state index contributed by atoms with van der Waals surface area (Å²) in [5, 5.41) is 3.53. The normalized spacial score (nSPS) is 19.2. The van der Waals surface area contributed by atoms with Gasteiger partial charge in [-0.05, 0) is 30.5 Å². The lowest BCUT2D eigenvalue weighted by atomic mass is 10.1. The van der Waals surface area contributed by atoms with Crippen molar-refractivity contribution in [2.75, 3.05) is 18.0 Å². The van der Waals surface area contributed by atoms with Gasteiger partial charge >= 0.3 is 0 Å². The first-order valence-corrected chi connectivity index (χ1v) is 5.58. The van der Waals surface area contributed by atoms with Gasteiger partial charge in [-0.25, -0.2) is 0 Å². The van der Waals surface area contributed by atoms with E-state index in [-0.39, 0.29) is 11.8 Å². The van der Waals surface area contributed by atoms with E-state index in [0.717, 1.165) is 5.69 Å². The van der Waals surface area contributed by atoms with Gasteiger partial charge in [0.05, 0.1) is 0 Å². The number of rotatable bonds is 3. The third-order valence-corrected chi connectivity index (χ3v) is 2.95. The summed E-state index contributed by atoms with van der Waals surface area (Å²) in [6.07, 6.45) is 0.465. The van der Waals surface area contributed by atoms with Gasteiger partial charge in [0, 0.05) is 30.1 Å². The van der Waals surface area contributed by atoms with Crippen LogP contribution in [0.25, 0.3) is 10.4 Å². The molecule has 1 aromatic rings. The lowest BCUT2D eigenvalue weighted by Gasteiger charge is -2.16. The van der Waals surface area contributed by atoms with E-state index in [4.69, 9.17) is 5.53 Å². The average Bonchev–Trinajstić information content (AvgIpc) is 2.69. The van der Waals surface area contributed by atoms with Crippen molar-refractivity contribution in [1.29, 1.82) is 0 Å². The third kappa shape index (κ3) is 2.57. The van der Waals surface area contributed by atoms with Crippen molar-refractivity contribution < 1.29 is 4.79 Å². The Hall–Kier alpha value is -2.00. The lowest BCUT2D eigenvalue weighted by molar-refractivity contribution is -0.117. The maximum Gasteiger partial charge on any atom is 0.227 e. The minimum absolute atomic E-state index is 0.104. The van der Waals surface area contributed by atoms with E-state index in [2.05, 4.69) is 10.0 Å². The molecule has 17 heavy (non-hydrogen) atoms. The largest absolute Gasteiger partial charge is 0.312 e. The third-order valence-electron chi connectivity index (χ3n) is 2.95. The number of hydrogen-bond acceptors (Lipinski definition) is 2. The van der Waals surface area contributed by atoms with Gasteiger partial charge in [0.15, 0.2) is 0 Å². The van der Waals surface area contributed by atoms with E-state index >= 15 is 0 Å². The van der Waals surface area contributed by atoms with Crippen LogP contribution in [0.15, 0.2) is 29.4 Å². The molecule has 88 valence electrons. The summed E-state index contributed by atoms with van der Waals surface area (Å²) in [4.78, 5) is 16.3. The van der Waals surface area contributed by atoms with Crippen molar-refractivity contribution in [2.24, 2.45) is 11.0 Å². The Kier molecular flexibility index (Phi) is 3.30. The summed E-state index contributed by atoms with van der Waals surface area (Å²) in [5.74, 6) is 0.242. The van der Waals surface area contributed by atoms with Gasteiger partial charge in [0.25, 0.3) is 0 Å². The smallest absolute Gasteiger partial charge is 0.227 e. The highest BCUT2D eigenvalue weighted by Crippen LogP contribution is 2.25. The first-order valence-electron chi connectivity index (χ1n) is 5.58. The molecule has 0 N–H and O–H groups in total. The predicted molar refractivity (Wildman–Crippen MR) is 65.7 cm³/mol. The summed E-state index contributed by atoms with van der Waals surface area (Å²) in [5.41, 5.74) is 10.4. The highest BCUT2D eigenvalue weighted by molar-refractivity contribution is 5.95. The molecule has 0 aromatic heterocycles. The molecule has 1 aromatic carbocycles. The molecule has 1 heterocycles. The molecule has 0 aliphatic carbocycles. The highest BCUT2D eigenvalue weighted by atomic mass is 16.2. The van der Waals surface area contributed by atoms with Crippen LogP contribution in [0.2, 0.25) is 0 Å². The summed E-state index contributed by atoms with van der Waals surface area (Å²) in [7, 11) is 0. The second kappa shape index (κ2) is 4.89. The van der Waals surface area contributed by atoms with Crippen LogP contribution >= 0.6 is 0 Å². The van der Waals surface area contributed by atoms with Crippen LogP contribution in [0.3, 0.4) is 0 Å². The van der Waals surface area contributed by atoms with Gasteiger partial charge < -0.3 is 4.90 Å². The number of benzene rings is 1. The Labute approximate surface area is 99.7 Å². The van der Waals surface area contributed by atoms with E-state index in [1.165, 1.54) is 5.56 Å². The van der Waals surface area contributed by atoms with Crippen molar-refractivity contribution in [1.82, 2.24) is 0 Å². The Bertz CT molecular complexity index is 462. The van der Waals surface area contributed by atoms with E-state index < -0.39 is 0 Å². The van der Waals surface area contributed by atoms with Crippen LogP contribution < -0.4 is 4.90 Å². The fourth-order valence-electron chi connectivity index (χ4n) is 2.03. The van der Waals surface area contributed by atoms with E-state index in [9.17, 15) is 4.79 Å². The molecule has 1 aliphatic rings. The van der Waals surface area contributed by atoms with Crippen molar-refractivity contribution in [2.45, 2.75) is 13.3 Å². The molecule has 1 atom stereocenters. The number of carbonyl (C=O) groups is 1. The zero-order valence-electron chi connectivity index (χ0n) is 9.71. The Balaban J connectivity index is 2.10. The molecule has 2 rings (SSSR count). The molecule has 0 saturated carbocycles. The second-order valence-corrected chi connectivity index (χ2v) is 4.32. The average molecular weight is 230 g/mol. The monoisotopic (exact) mass is 230 g/mol. The zero-order chi connectivity index (χ0) is 12.3. The quantitative estimate of drug-likeness (QED) is 0.447. The molecule has 0 bridgehead atoms. The Morgan fingerprint density at radius 1 is 1.47 bits per heavy atom. The lowest BCUT2D eigenvalue weighted by Crippen LogP contribution is -2.24. The Morgan fingerprint density at radius 3 is 2.82 bits per heavy atom. The number of hydrogen-bond donors (Lipinski definition) is 0. The number of azide groups is 1. The van der Waals surface area contributed by atoms with Crippen LogP contribution in [0.1, 0.15) is 12.0 Å². The Morgan fingerprint density at radius 2 is 2.18 bits per heavy atom. The number of nitrogens with zero attached hydrogens (tertiary/aromatic N) is 4. The van der Waals surface area contributed by atoms with Gasteiger partial charge in [-0.2, -0.15) is 0 Å². The van der Waals surface area contributed by atoms with Gasteiger partial charge in [0.1, 0.15) is 0 Å². The van der Waals surface area contributed by atoms with Crippen molar-refractivity contribution >= 4 is 11.6 Å². The summed E-state index contributed by atoms with van der Waals surface area (Å²) in [6, 6.07) is 7.87. The predicted octanol–water partition coefficient (Wildman–Crippen LogP) is 2.66. The van der Waals surface area contributed by atoms with Crippen molar-refractivity contribution in [3.05, 3.63) is 40.3 Å². The fraction of sp³-hybridized carbons (Fsp3) is 0.417. The molecule has 0 spiro atoms. The van der Waals surface area contributed by atoms with E-state index in [0.29, 0.717) is 19.5 Å². The molecule has 1 unspecified atom stereocenters. The molecular weight excluding hydrogens is 216 g/mol. The second-order valence-electron chi connectivity index (χ2n) is 4.32. The highest BCUT2D eigenvalue weighted by Gasteiger charge is 2.29. The van der Waals surface area contributed by atoms with E-state index in [1.807, 2.05) is 31.2 Å². The van der Waals surface area contributed by atoms with E-state index in [1.54, 1.807) is 4.90 Å². The molecule has 5 heteroatoms. The van der Waals surface area contributed by atoms with Crippen LogP contribution in [0, 0.1) is 12.8 Å². The van der Waals surface area contributed by atoms with Crippen molar-refractivity contribution in [3.8, 4) is 0 Å². The van der Waals surface area contributed by atoms with Crippen LogP contribution in [-0.4, -0.2) is 19.0 Å². The van der Waals surface area contributed by atoms with Gasteiger partial charge in [-0.15, -0.1) is 0 Å². The number of anilines is 1. The maximum atomic E-state index is 11.8. The topological polar surface area (TPSA) is 69.1 Å². The summed E-state index contributed by atoms with van der Waals surface area (Å²) < 4.78 is 0. The summed E-state index contributed by atoms with van der Waals surface area (Å²) >= 11 is 0. The molecule has 1 aliphatic heterocycles. The number of aryl methyl sites for hydroxylation is 1. The minimum atomic E-state index is 0.104. The number of carbonyl (C=O) groups excluding carboxylic acids is 1. The van der Waals surface area contributed by atoms with Crippen LogP contribution in [0.5, 0.6) is 0 Å². The molecule has 1 fully saturated rings. The van der Waals surface area contributed by atoms with Crippen molar-refractivity contribution in [3.63, 3.8) is 0 Å². The van der Waals surface area contributed by atoms with Gasteiger partial charge in [0.2, 0.25) is 5.91 Å².